The van der Waals surface area contributed by atoms with Gasteiger partial charge in [-0.15, -0.1) is 0 Å². The standard InChI is InChI=1S/C43H34OS3/c1-25-11-7-6-10-22-44-40-36(45-25)20-18-30-38(40)28-16-14-26(23-32(28)42(30,2)3)27-15-17-29-33(24-27)43(4,5)31-19-21-37-41(39(29)31)47-35-13-9-8-12-34(35)46-37/h6-21,23-24H,1,22H2,2-5H3/b10-6-,11-7-. The third-order valence-electron chi connectivity index (χ3n) is 10.2. The Kier molecular flexibility index (Phi) is 6.60. The Labute approximate surface area is 290 Å². The second-order valence-electron chi connectivity index (χ2n) is 13.7. The average molecular weight is 663 g/mol. The van der Waals surface area contributed by atoms with E-state index in [0.29, 0.717) is 6.61 Å². The molecule has 5 aromatic carbocycles. The van der Waals surface area contributed by atoms with E-state index in [1.54, 1.807) is 11.8 Å². The molecule has 47 heavy (non-hydrogen) atoms. The lowest BCUT2D eigenvalue weighted by atomic mass is 9.80. The first kappa shape index (κ1) is 29.3. The van der Waals surface area contributed by atoms with E-state index in [9.17, 15) is 0 Å². The van der Waals surface area contributed by atoms with Crippen LogP contribution in [-0.2, 0) is 10.8 Å². The van der Waals surface area contributed by atoms with E-state index in [2.05, 4.69) is 131 Å². The molecule has 0 spiro atoms. The van der Waals surface area contributed by atoms with Crippen molar-refractivity contribution in [2.75, 3.05) is 6.61 Å². The number of hydrogen-bond donors (Lipinski definition) is 0. The topological polar surface area (TPSA) is 9.23 Å². The first-order chi connectivity index (χ1) is 22.7. The van der Waals surface area contributed by atoms with Crippen LogP contribution in [0, 0.1) is 0 Å². The van der Waals surface area contributed by atoms with Gasteiger partial charge in [-0.2, -0.15) is 0 Å². The zero-order chi connectivity index (χ0) is 32.1. The van der Waals surface area contributed by atoms with Crippen LogP contribution >= 0.6 is 35.3 Å². The molecule has 0 atom stereocenters. The van der Waals surface area contributed by atoms with Gasteiger partial charge < -0.3 is 4.74 Å². The van der Waals surface area contributed by atoms with Gasteiger partial charge in [-0.1, -0.05) is 130 Å². The SMILES string of the molecule is C=C1/C=C\C=C/COc2c(ccc3c2-c2ccc(-c4ccc5c(c4)C(C)(C)c4ccc6c(c4-5)Sc4ccccc4S6)cc2C3(C)C)S1. The van der Waals surface area contributed by atoms with Crippen molar-refractivity contribution in [2.45, 2.75) is 63.0 Å². The summed E-state index contributed by atoms with van der Waals surface area (Å²) in [6.07, 6.45) is 8.19. The Balaban J connectivity index is 1.14. The predicted molar refractivity (Wildman–Crippen MR) is 200 cm³/mol. The van der Waals surface area contributed by atoms with Crippen LogP contribution in [0.4, 0.5) is 0 Å². The molecule has 9 rings (SSSR count). The molecular formula is C43H34OS3. The summed E-state index contributed by atoms with van der Waals surface area (Å²) in [4.78, 5) is 7.58. The number of thioether (sulfide) groups is 1. The van der Waals surface area contributed by atoms with Crippen molar-refractivity contribution in [2.24, 2.45) is 0 Å². The fourth-order valence-corrected chi connectivity index (χ4v) is 11.0. The summed E-state index contributed by atoms with van der Waals surface area (Å²) < 4.78 is 6.50. The third kappa shape index (κ3) is 4.41. The number of hydrogen-bond acceptors (Lipinski definition) is 4. The third-order valence-corrected chi connectivity index (χ3v) is 13.8. The lowest BCUT2D eigenvalue weighted by molar-refractivity contribution is 0.355. The molecule has 2 heterocycles. The van der Waals surface area contributed by atoms with Gasteiger partial charge in [0.15, 0.2) is 0 Å². The highest BCUT2D eigenvalue weighted by Crippen LogP contribution is 2.60. The Bertz CT molecular complexity index is 2250. The number of fused-ring (bicyclic) bond motifs is 11. The predicted octanol–water partition coefficient (Wildman–Crippen LogP) is 12.7. The summed E-state index contributed by atoms with van der Waals surface area (Å²) in [5.74, 6) is 0.965. The Morgan fingerprint density at radius 3 is 1.91 bits per heavy atom. The van der Waals surface area contributed by atoms with Crippen LogP contribution in [0.1, 0.15) is 49.9 Å². The molecule has 0 N–H and O–H groups in total. The van der Waals surface area contributed by atoms with Crippen molar-refractivity contribution < 1.29 is 4.74 Å². The first-order valence-electron chi connectivity index (χ1n) is 16.1. The minimum absolute atomic E-state index is 0.0827. The maximum atomic E-state index is 6.50. The quantitative estimate of drug-likeness (QED) is 0.173. The van der Waals surface area contributed by atoms with Crippen LogP contribution in [0.15, 0.2) is 145 Å². The second-order valence-corrected chi connectivity index (χ2v) is 17.0. The lowest BCUT2D eigenvalue weighted by Gasteiger charge is -2.24. The van der Waals surface area contributed by atoms with Crippen molar-refractivity contribution in [3.63, 3.8) is 0 Å². The van der Waals surface area contributed by atoms with Crippen molar-refractivity contribution in [1.29, 1.82) is 0 Å². The minimum Gasteiger partial charge on any atom is -0.488 e. The van der Waals surface area contributed by atoms with Crippen molar-refractivity contribution >= 4 is 35.3 Å². The summed E-state index contributed by atoms with van der Waals surface area (Å²) in [6.45, 7) is 14.3. The Morgan fingerprint density at radius 1 is 0.596 bits per heavy atom. The highest BCUT2D eigenvalue weighted by molar-refractivity contribution is 8.05. The molecule has 0 saturated carbocycles. The molecule has 0 radical (unpaired) electrons. The number of allylic oxidation sites excluding steroid dienone is 3. The van der Waals surface area contributed by atoms with Gasteiger partial charge in [0, 0.05) is 46.4 Å². The molecular weight excluding hydrogens is 629 g/mol. The van der Waals surface area contributed by atoms with E-state index >= 15 is 0 Å². The molecule has 0 aromatic heterocycles. The molecule has 2 aliphatic heterocycles. The van der Waals surface area contributed by atoms with Crippen molar-refractivity contribution in [3.8, 4) is 39.1 Å². The van der Waals surface area contributed by atoms with Crippen LogP contribution in [0.3, 0.4) is 0 Å². The lowest BCUT2D eigenvalue weighted by Crippen LogP contribution is -2.15. The van der Waals surface area contributed by atoms with E-state index in [0.717, 1.165) is 15.6 Å². The molecule has 0 fully saturated rings. The van der Waals surface area contributed by atoms with Crippen molar-refractivity contribution in [3.05, 3.63) is 143 Å². The Hall–Kier alpha value is -3.83. The normalized spacial score (nSPS) is 18.8. The molecule has 4 aliphatic rings. The Morgan fingerprint density at radius 2 is 1.21 bits per heavy atom. The zero-order valence-electron chi connectivity index (χ0n) is 26.9. The van der Waals surface area contributed by atoms with Crippen LogP contribution in [0.2, 0.25) is 0 Å². The van der Waals surface area contributed by atoms with Gasteiger partial charge in [0.05, 0.1) is 4.90 Å². The molecule has 2 aliphatic carbocycles. The number of rotatable bonds is 1. The summed E-state index contributed by atoms with van der Waals surface area (Å²) in [6, 6.07) is 32.2. The zero-order valence-corrected chi connectivity index (χ0v) is 29.4. The number of ether oxygens (including phenoxy) is 1. The molecule has 4 heteroatoms. The van der Waals surface area contributed by atoms with Gasteiger partial charge in [0.1, 0.15) is 12.4 Å². The smallest absolute Gasteiger partial charge is 0.141 e. The minimum atomic E-state index is -0.151. The number of benzene rings is 5. The molecule has 5 aromatic rings. The monoisotopic (exact) mass is 662 g/mol. The van der Waals surface area contributed by atoms with Crippen LogP contribution in [0.5, 0.6) is 5.75 Å². The second kappa shape index (κ2) is 10.6. The molecule has 0 bridgehead atoms. The maximum Gasteiger partial charge on any atom is 0.141 e. The molecule has 230 valence electrons. The van der Waals surface area contributed by atoms with Crippen LogP contribution in [-0.4, -0.2) is 6.61 Å². The maximum absolute atomic E-state index is 6.50. The molecule has 0 saturated heterocycles. The van der Waals surface area contributed by atoms with Crippen molar-refractivity contribution in [1.82, 2.24) is 0 Å². The largest absolute Gasteiger partial charge is 0.488 e. The summed E-state index contributed by atoms with van der Waals surface area (Å²) >= 11 is 5.51. The average Bonchev–Trinajstić information content (AvgIpc) is 3.45. The van der Waals surface area contributed by atoms with Crippen LogP contribution in [0.25, 0.3) is 33.4 Å². The van der Waals surface area contributed by atoms with Gasteiger partial charge >= 0.3 is 0 Å². The van der Waals surface area contributed by atoms with E-state index in [1.807, 2.05) is 35.7 Å². The molecule has 1 nitrogen and oxygen atoms in total. The van der Waals surface area contributed by atoms with Crippen LogP contribution < -0.4 is 4.74 Å². The summed E-state index contributed by atoms with van der Waals surface area (Å²) in [5.41, 5.74) is 13.1. The molecule has 0 amide bonds. The highest BCUT2D eigenvalue weighted by Gasteiger charge is 2.40. The molecule has 0 unspecified atom stereocenters. The summed E-state index contributed by atoms with van der Waals surface area (Å²) in [5, 5.41) is 0. The van der Waals surface area contributed by atoms with E-state index in [-0.39, 0.29) is 10.8 Å². The van der Waals surface area contributed by atoms with E-state index in [4.69, 9.17) is 4.74 Å². The van der Waals surface area contributed by atoms with E-state index in [1.165, 1.54) is 75.2 Å². The fraction of sp³-hybridized carbons (Fsp3) is 0.163. The first-order valence-corrected chi connectivity index (χ1v) is 18.6. The summed E-state index contributed by atoms with van der Waals surface area (Å²) in [7, 11) is 0. The van der Waals surface area contributed by atoms with Gasteiger partial charge in [0.25, 0.3) is 0 Å². The van der Waals surface area contributed by atoms with Gasteiger partial charge in [-0.05, 0) is 93.1 Å². The van der Waals surface area contributed by atoms with E-state index < -0.39 is 0 Å². The van der Waals surface area contributed by atoms with Gasteiger partial charge in [0.2, 0.25) is 0 Å². The van der Waals surface area contributed by atoms with Gasteiger partial charge in [-0.25, -0.2) is 0 Å². The van der Waals surface area contributed by atoms with Gasteiger partial charge in [-0.3, -0.25) is 0 Å². The highest BCUT2D eigenvalue weighted by atomic mass is 32.2. The fourth-order valence-electron chi connectivity index (χ4n) is 7.77.